The molecule has 166 valence electrons. The molecule has 1 aromatic heterocycles. The molecule has 3 aromatic rings. The monoisotopic (exact) mass is 455 g/mol. The summed E-state index contributed by atoms with van der Waals surface area (Å²) < 4.78 is 22.3. The van der Waals surface area contributed by atoms with Crippen molar-refractivity contribution in [3.05, 3.63) is 63.0 Å². The Balaban J connectivity index is 1.32. The highest BCUT2D eigenvalue weighted by molar-refractivity contribution is 6.32. The third kappa shape index (κ3) is 3.88. The smallest absolute Gasteiger partial charge is 0.336 e. The number of rotatable bonds is 4. The zero-order valence-corrected chi connectivity index (χ0v) is 18.3. The molecular weight excluding hydrogens is 434 g/mol. The number of ether oxygens (including phenoxy) is 3. The molecule has 3 heterocycles. The second-order valence-corrected chi connectivity index (χ2v) is 8.37. The molecule has 0 saturated carbocycles. The summed E-state index contributed by atoms with van der Waals surface area (Å²) in [6, 6.07) is 10.4. The predicted octanol–water partition coefficient (Wildman–Crippen LogP) is 4.27. The van der Waals surface area contributed by atoms with Crippen LogP contribution in [0.3, 0.4) is 0 Å². The van der Waals surface area contributed by atoms with Gasteiger partial charge in [0.2, 0.25) is 0 Å². The Hall–Kier alpha value is -3.19. The quantitative estimate of drug-likeness (QED) is 0.547. The van der Waals surface area contributed by atoms with E-state index >= 15 is 0 Å². The van der Waals surface area contributed by atoms with Crippen LogP contribution in [0.15, 0.2) is 45.6 Å². The van der Waals surface area contributed by atoms with Gasteiger partial charge in [-0.3, -0.25) is 4.79 Å². The fraction of sp³-hybridized carbons (Fsp3) is 0.333. The molecule has 2 aliphatic heterocycles. The number of fused-ring (bicyclic) bond motifs is 2. The van der Waals surface area contributed by atoms with E-state index in [4.69, 9.17) is 30.2 Å². The number of hydrogen-bond donors (Lipinski definition) is 0. The molecule has 8 heteroatoms. The number of benzene rings is 2. The van der Waals surface area contributed by atoms with Gasteiger partial charge in [0, 0.05) is 24.1 Å². The maximum Gasteiger partial charge on any atom is 0.336 e. The minimum absolute atomic E-state index is 0.0466. The average Bonchev–Trinajstić information content (AvgIpc) is 3.28. The Bertz CT molecular complexity index is 1250. The first-order valence-corrected chi connectivity index (χ1v) is 10.9. The first-order valence-electron chi connectivity index (χ1n) is 10.6. The van der Waals surface area contributed by atoms with Gasteiger partial charge in [-0.05, 0) is 49.1 Å². The van der Waals surface area contributed by atoms with Crippen LogP contribution in [0.4, 0.5) is 0 Å². The van der Waals surface area contributed by atoms with Gasteiger partial charge in [-0.15, -0.1) is 0 Å². The third-order valence-corrected chi connectivity index (χ3v) is 6.17. The molecule has 0 bridgehead atoms. The largest absolute Gasteiger partial charge is 0.486 e. The minimum atomic E-state index is -0.446. The van der Waals surface area contributed by atoms with Crippen LogP contribution in [0, 0.1) is 6.92 Å². The van der Waals surface area contributed by atoms with Crippen molar-refractivity contribution >= 4 is 28.5 Å². The van der Waals surface area contributed by atoms with E-state index in [0.717, 1.165) is 35.1 Å². The summed E-state index contributed by atoms with van der Waals surface area (Å²) in [6.45, 7) is 3.36. The van der Waals surface area contributed by atoms with Crippen molar-refractivity contribution < 1.29 is 23.4 Å². The van der Waals surface area contributed by atoms with E-state index in [-0.39, 0.29) is 18.6 Å². The summed E-state index contributed by atoms with van der Waals surface area (Å²) in [5.74, 6) is 1.61. The van der Waals surface area contributed by atoms with Crippen LogP contribution in [0.2, 0.25) is 5.02 Å². The predicted molar refractivity (Wildman–Crippen MR) is 119 cm³/mol. The van der Waals surface area contributed by atoms with Crippen LogP contribution < -0.4 is 19.8 Å². The summed E-state index contributed by atoms with van der Waals surface area (Å²) >= 11 is 6.35. The van der Waals surface area contributed by atoms with Gasteiger partial charge in [-0.1, -0.05) is 17.7 Å². The van der Waals surface area contributed by atoms with Crippen LogP contribution in [0.25, 0.3) is 11.0 Å². The number of likely N-dealkylation sites (tertiary alicyclic amines) is 1. The molecular formula is C24H22ClNO6. The lowest BCUT2D eigenvalue weighted by Gasteiger charge is -2.27. The van der Waals surface area contributed by atoms with Crippen molar-refractivity contribution in [2.45, 2.75) is 25.8 Å². The molecule has 2 aliphatic rings. The van der Waals surface area contributed by atoms with Crippen LogP contribution in [-0.2, 0) is 4.79 Å². The Labute approximate surface area is 189 Å². The van der Waals surface area contributed by atoms with E-state index in [0.29, 0.717) is 41.9 Å². The van der Waals surface area contributed by atoms with Crippen LogP contribution in [-0.4, -0.2) is 37.2 Å². The first-order chi connectivity index (χ1) is 15.5. The lowest BCUT2D eigenvalue weighted by molar-refractivity contribution is -0.134. The average molecular weight is 456 g/mol. The van der Waals surface area contributed by atoms with E-state index in [2.05, 4.69) is 0 Å². The van der Waals surface area contributed by atoms with E-state index in [1.54, 1.807) is 12.1 Å². The second kappa shape index (κ2) is 8.39. The number of halogens is 1. The SMILES string of the molecule is Cc1cc(=O)oc2cc(OCC(=O)N3CCC[C@H]3c3ccc4c(c3)OCCO4)c(Cl)cc12. The van der Waals surface area contributed by atoms with Crippen molar-refractivity contribution in [2.24, 2.45) is 0 Å². The molecule has 2 aromatic carbocycles. The molecule has 5 rings (SSSR count). The van der Waals surface area contributed by atoms with Crippen molar-refractivity contribution in [1.82, 2.24) is 4.90 Å². The standard InChI is InChI=1S/C24H22ClNO6/c1-14-9-24(28)32-20-12-21(17(25)11-16(14)20)31-13-23(27)26-6-2-3-18(26)15-4-5-19-22(10-15)30-8-7-29-19/h4-5,9-12,18H,2-3,6-8,13H2,1H3/t18-/m0/s1. The van der Waals surface area contributed by atoms with Gasteiger partial charge < -0.3 is 23.5 Å². The number of hydrogen-bond acceptors (Lipinski definition) is 6. The number of nitrogens with zero attached hydrogens (tertiary/aromatic N) is 1. The van der Waals surface area contributed by atoms with Crippen LogP contribution in [0.1, 0.15) is 30.0 Å². The Morgan fingerprint density at radius 2 is 1.97 bits per heavy atom. The van der Waals surface area contributed by atoms with E-state index in [1.807, 2.05) is 30.0 Å². The van der Waals surface area contributed by atoms with Crippen LogP contribution in [0.5, 0.6) is 17.2 Å². The molecule has 0 unspecified atom stereocenters. The highest BCUT2D eigenvalue weighted by atomic mass is 35.5. The Morgan fingerprint density at radius 3 is 2.81 bits per heavy atom. The molecule has 0 spiro atoms. The topological polar surface area (TPSA) is 78.2 Å². The minimum Gasteiger partial charge on any atom is -0.486 e. The number of aryl methyl sites for hydroxylation is 1. The normalized spacial score (nSPS) is 17.6. The summed E-state index contributed by atoms with van der Waals surface area (Å²) in [4.78, 5) is 26.5. The van der Waals surface area contributed by atoms with Gasteiger partial charge in [-0.2, -0.15) is 0 Å². The summed E-state index contributed by atoms with van der Waals surface area (Å²) in [6.07, 6.45) is 1.78. The number of carbonyl (C=O) groups is 1. The molecule has 1 fully saturated rings. The van der Waals surface area contributed by atoms with Crippen molar-refractivity contribution in [3.8, 4) is 17.2 Å². The molecule has 0 aliphatic carbocycles. The van der Waals surface area contributed by atoms with Crippen molar-refractivity contribution in [2.75, 3.05) is 26.4 Å². The highest BCUT2D eigenvalue weighted by Gasteiger charge is 2.31. The van der Waals surface area contributed by atoms with Gasteiger partial charge in [-0.25, -0.2) is 4.79 Å². The fourth-order valence-corrected chi connectivity index (χ4v) is 4.55. The molecule has 0 radical (unpaired) electrons. The maximum atomic E-state index is 13.0. The van der Waals surface area contributed by atoms with Gasteiger partial charge >= 0.3 is 5.63 Å². The summed E-state index contributed by atoms with van der Waals surface area (Å²) in [5.41, 5.74) is 1.71. The van der Waals surface area contributed by atoms with E-state index < -0.39 is 5.63 Å². The fourth-order valence-electron chi connectivity index (χ4n) is 4.33. The zero-order valence-electron chi connectivity index (χ0n) is 17.6. The van der Waals surface area contributed by atoms with Crippen LogP contribution >= 0.6 is 11.6 Å². The maximum absolute atomic E-state index is 13.0. The Morgan fingerprint density at radius 1 is 1.16 bits per heavy atom. The molecule has 0 N–H and O–H groups in total. The second-order valence-electron chi connectivity index (χ2n) is 7.96. The molecule has 1 saturated heterocycles. The third-order valence-electron chi connectivity index (χ3n) is 5.88. The van der Waals surface area contributed by atoms with E-state index in [9.17, 15) is 9.59 Å². The van der Waals surface area contributed by atoms with Crippen molar-refractivity contribution in [1.29, 1.82) is 0 Å². The van der Waals surface area contributed by atoms with Gasteiger partial charge in [0.15, 0.2) is 18.1 Å². The van der Waals surface area contributed by atoms with Gasteiger partial charge in [0.05, 0.1) is 11.1 Å². The molecule has 32 heavy (non-hydrogen) atoms. The zero-order chi connectivity index (χ0) is 22.2. The molecule has 7 nitrogen and oxygen atoms in total. The summed E-state index contributed by atoms with van der Waals surface area (Å²) in [7, 11) is 0. The first kappa shape index (κ1) is 20.7. The van der Waals surface area contributed by atoms with E-state index in [1.165, 1.54) is 6.07 Å². The number of carbonyl (C=O) groups excluding carboxylic acids is 1. The Kier molecular flexibility index (Phi) is 5.43. The lowest BCUT2D eigenvalue weighted by Crippen LogP contribution is -2.34. The molecule has 1 atom stereocenters. The lowest BCUT2D eigenvalue weighted by atomic mass is 10.0. The summed E-state index contributed by atoms with van der Waals surface area (Å²) in [5, 5.41) is 1.08. The number of amides is 1. The van der Waals surface area contributed by atoms with Gasteiger partial charge in [0.25, 0.3) is 5.91 Å². The van der Waals surface area contributed by atoms with Gasteiger partial charge in [0.1, 0.15) is 24.5 Å². The van der Waals surface area contributed by atoms with Crippen molar-refractivity contribution in [3.63, 3.8) is 0 Å². The molecule has 1 amide bonds. The highest BCUT2D eigenvalue weighted by Crippen LogP contribution is 2.38.